The number of nitrogens with zero attached hydrogens (tertiary/aromatic N) is 2. The van der Waals surface area contributed by atoms with Gasteiger partial charge in [0.1, 0.15) is 5.82 Å². The smallest absolute Gasteiger partial charge is 0.120 e. The first kappa shape index (κ1) is 28.4. The number of unbranched alkanes of at least 4 members (excludes halogenated alkanes) is 2. The van der Waals surface area contributed by atoms with Crippen molar-refractivity contribution in [2.75, 3.05) is 25.6 Å². The van der Waals surface area contributed by atoms with Crippen LogP contribution in [0, 0.1) is 10.7 Å². The van der Waals surface area contributed by atoms with Crippen LogP contribution in [0.2, 0.25) is 0 Å². The first-order valence-electron chi connectivity index (χ1n) is 11.3. The highest BCUT2D eigenvalue weighted by Gasteiger charge is 2.12. The monoisotopic (exact) mass is 438 g/mol. The number of aliphatic imine (C=N–C) groups is 1. The summed E-state index contributed by atoms with van der Waals surface area (Å²) in [7, 11) is -0.295. The van der Waals surface area contributed by atoms with E-state index in [1.807, 2.05) is 12.3 Å². The standard InChI is InChI=1S/C24H46N4OS/c1-7-8-15-24(16-9-10-19-30(6,26)29)20-28(5)23(4)27-18-12-14-22(3)21(2)13-11-17-25/h11,17-18,24,26H,4,7-10,12-16,19-20,25H2,1-3,5-6H3/b17-11-,22-21+,27-18-. The number of rotatable bonds is 17. The van der Waals surface area contributed by atoms with E-state index in [2.05, 4.69) is 44.3 Å². The topological polar surface area (TPSA) is 82.5 Å². The van der Waals surface area contributed by atoms with E-state index in [1.165, 1.54) is 36.7 Å². The van der Waals surface area contributed by atoms with E-state index in [0.29, 0.717) is 11.7 Å². The highest BCUT2D eigenvalue weighted by atomic mass is 32.2. The highest BCUT2D eigenvalue weighted by molar-refractivity contribution is 7.91. The minimum atomic E-state index is -2.36. The largest absolute Gasteiger partial charge is 0.405 e. The molecule has 0 spiro atoms. The lowest BCUT2D eigenvalue weighted by Gasteiger charge is -2.25. The van der Waals surface area contributed by atoms with Crippen LogP contribution in [0.15, 0.2) is 40.8 Å². The van der Waals surface area contributed by atoms with E-state index in [-0.39, 0.29) is 0 Å². The van der Waals surface area contributed by atoms with Gasteiger partial charge in [-0.2, -0.15) is 0 Å². The van der Waals surface area contributed by atoms with Crippen molar-refractivity contribution in [1.29, 1.82) is 4.78 Å². The Morgan fingerprint density at radius 3 is 2.50 bits per heavy atom. The fraction of sp³-hybridized carbons (Fsp3) is 0.708. The summed E-state index contributed by atoms with van der Waals surface area (Å²) in [5.74, 6) is 1.91. The average Bonchev–Trinajstić information content (AvgIpc) is 2.69. The molecule has 0 bridgehead atoms. The van der Waals surface area contributed by atoms with Crippen LogP contribution in [-0.2, 0) is 9.73 Å². The molecule has 0 radical (unpaired) electrons. The molecule has 6 heteroatoms. The second-order valence-corrected chi connectivity index (χ2v) is 11.0. The number of nitrogens with one attached hydrogen (secondary N) is 1. The molecule has 0 saturated heterocycles. The number of allylic oxidation sites excluding steroid dienone is 3. The summed E-state index contributed by atoms with van der Waals surface area (Å²) >= 11 is 0. The molecule has 0 aliphatic carbocycles. The molecule has 0 aliphatic heterocycles. The van der Waals surface area contributed by atoms with Gasteiger partial charge >= 0.3 is 0 Å². The maximum absolute atomic E-state index is 11.5. The second kappa shape index (κ2) is 16.2. The van der Waals surface area contributed by atoms with E-state index >= 15 is 0 Å². The molecule has 0 amide bonds. The highest BCUT2D eigenvalue weighted by Crippen LogP contribution is 2.19. The van der Waals surface area contributed by atoms with Crippen molar-refractivity contribution in [1.82, 2.24) is 4.90 Å². The Balaban J connectivity index is 4.51. The molecule has 2 unspecified atom stereocenters. The summed E-state index contributed by atoms with van der Waals surface area (Å²) < 4.78 is 19.1. The van der Waals surface area contributed by atoms with Gasteiger partial charge in [-0.1, -0.05) is 50.0 Å². The van der Waals surface area contributed by atoms with Crippen molar-refractivity contribution in [3.05, 3.63) is 35.8 Å². The van der Waals surface area contributed by atoms with Gasteiger partial charge in [-0.05, 0) is 64.5 Å². The van der Waals surface area contributed by atoms with Crippen LogP contribution in [0.25, 0.3) is 0 Å². The van der Waals surface area contributed by atoms with Crippen LogP contribution in [0.1, 0.15) is 78.6 Å². The predicted molar refractivity (Wildman–Crippen MR) is 134 cm³/mol. The first-order chi connectivity index (χ1) is 14.1. The molecule has 3 N–H and O–H groups in total. The summed E-state index contributed by atoms with van der Waals surface area (Å²) in [4.78, 5) is 6.72. The van der Waals surface area contributed by atoms with Crippen LogP contribution in [-0.4, -0.2) is 40.9 Å². The Hall–Kier alpha value is -1.56. The minimum Gasteiger partial charge on any atom is -0.405 e. The Bertz CT molecular complexity index is 677. The summed E-state index contributed by atoms with van der Waals surface area (Å²) in [5, 5.41) is 0. The van der Waals surface area contributed by atoms with Crippen molar-refractivity contribution >= 4 is 15.9 Å². The first-order valence-corrected chi connectivity index (χ1v) is 13.4. The molecule has 0 aromatic heterocycles. The van der Waals surface area contributed by atoms with E-state index in [9.17, 15) is 4.21 Å². The van der Waals surface area contributed by atoms with Crippen molar-refractivity contribution in [2.24, 2.45) is 16.6 Å². The van der Waals surface area contributed by atoms with E-state index in [0.717, 1.165) is 50.9 Å². The van der Waals surface area contributed by atoms with Gasteiger partial charge in [0.15, 0.2) is 0 Å². The minimum absolute atomic E-state index is 0.510. The van der Waals surface area contributed by atoms with Crippen molar-refractivity contribution < 1.29 is 4.21 Å². The van der Waals surface area contributed by atoms with Crippen molar-refractivity contribution in [2.45, 2.75) is 78.6 Å². The lowest BCUT2D eigenvalue weighted by molar-refractivity contribution is 0.295. The zero-order valence-electron chi connectivity index (χ0n) is 20.1. The zero-order valence-corrected chi connectivity index (χ0v) is 20.9. The molecule has 174 valence electrons. The van der Waals surface area contributed by atoms with Gasteiger partial charge in [0.05, 0.1) is 0 Å². The lowest BCUT2D eigenvalue weighted by atomic mass is 9.95. The van der Waals surface area contributed by atoms with Crippen LogP contribution < -0.4 is 5.73 Å². The molecular formula is C24H46N4OS. The molecule has 30 heavy (non-hydrogen) atoms. The van der Waals surface area contributed by atoms with E-state index < -0.39 is 9.73 Å². The molecule has 0 aromatic carbocycles. The lowest BCUT2D eigenvalue weighted by Crippen LogP contribution is -2.24. The third-order valence-corrected chi connectivity index (χ3v) is 6.58. The Labute approximate surface area is 186 Å². The quantitative estimate of drug-likeness (QED) is 0.164. The number of nitrogens with two attached hydrogens (primary N) is 1. The molecule has 0 saturated carbocycles. The SMILES string of the molecule is C=C(/N=C\CC/C(C)=C(\C)C/C=C\N)N(C)CC(CCCC)CCCCS(C)(=N)=O. The van der Waals surface area contributed by atoms with Crippen molar-refractivity contribution in [3.8, 4) is 0 Å². The van der Waals surface area contributed by atoms with Gasteiger partial charge < -0.3 is 10.6 Å². The molecular weight excluding hydrogens is 392 g/mol. The molecule has 0 aromatic rings. The maximum Gasteiger partial charge on any atom is 0.120 e. The Morgan fingerprint density at radius 1 is 1.23 bits per heavy atom. The summed E-state index contributed by atoms with van der Waals surface area (Å²) in [5.41, 5.74) is 8.17. The maximum atomic E-state index is 11.5. The van der Waals surface area contributed by atoms with Crippen molar-refractivity contribution in [3.63, 3.8) is 0 Å². The summed E-state index contributed by atoms with van der Waals surface area (Å²) in [6.07, 6.45) is 16.5. The van der Waals surface area contributed by atoms with E-state index in [4.69, 9.17) is 10.5 Å². The molecule has 5 nitrogen and oxygen atoms in total. The fourth-order valence-electron chi connectivity index (χ4n) is 3.30. The second-order valence-electron chi connectivity index (χ2n) is 8.55. The summed E-state index contributed by atoms with van der Waals surface area (Å²) in [6.45, 7) is 11.6. The van der Waals surface area contributed by atoms with E-state index in [1.54, 1.807) is 6.20 Å². The zero-order chi connectivity index (χ0) is 23.0. The van der Waals surface area contributed by atoms with Gasteiger partial charge in [-0.15, -0.1) is 0 Å². The average molecular weight is 439 g/mol. The number of hydrogen-bond donors (Lipinski definition) is 2. The third kappa shape index (κ3) is 15.3. The van der Waals surface area contributed by atoms with Gasteiger partial charge in [-0.3, -0.25) is 8.99 Å². The van der Waals surface area contributed by atoms with Crippen LogP contribution >= 0.6 is 0 Å². The Kier molecular flexibility index (Phi) is 15.3. The van der Waals surface area contributed by atoms with Gasteiger partial charge in [0.2, 0.25) is 0 Å². The van der Waals surface area contributed by atoms with Gasteiger partial charge in [0.25, 0.3) is 0 Å². The number of hydrogen-bond acceptors (Lipinski definition) is 5. The Morgan fingerprint density at radius 2 is 1.90 bits per heavy atom. The normalized spacial score (nSPS) is 15.9. The molecule has 2 atom stereocenters. The van der Waals surface area contributed by atoms with Crippen LogP contribution in [0.3, 0.4) is 0 Å². The fourth-order valence-corrected chi connectivity index (χ4v) is 4.06. The van der Waals surface area contributed by atoms with Gasteiger partial charge in [-0.25, -0.2) is 4.99 Å². The van der Waals surface area contributed by atoms with Gasteiger partial charge in [0, 0.05) is 41.5 Å². The van der Waals surface area contributed by atoms with Crippen LogP contribution in [0.4, 0.5) is 0 Å². The molecule has 0 fully saturated rings. The predicted octanol–water partition coefficient (Wildman–Crippen LogP) is 6.09. The van der Waals surface area contributed by atoms with Crippen LogP contribution in [0.5, 0.6) is 0 Å². The molecule has 0 heterocycles. The molecule has 0 rings (SSSR count). The third-order valence-electron chi connectivity index (χ3n) is 5.51. The summed E-state index contributed by atoms with van der Waals surface area (Å²) in [6, 6.07) is 0. The molecule has 0 aliphatic rings.